The Morgan fingerprint density at radius 1 is 0.656 bits per heavy atom. The smallest absolute Gasteiger partial charge is 0.410 e. The standard InChI is InChI=1S/C24H38N4O4S.C24H38N4O2S/c1-23(2,3)14-21-25-19-13-17(9-10-20(19)28(21)12-11-26(7)8)33(30,31)18-15-27(16-18)22(29)32-24(4,5)6;1-23(2,3)14-21-25-19-13-17(9-10-20(19)28(21)12-11-26(7)8)31-18-15-27(16-18)22(29)30-24(4,5)6/h9-10,13,18H,11-12,14-16H2,1-8H3;9-10,13,18H,11-12,14-16H2,1-8H3. The van der Waals surface area contributed by atoms with E-state index < -0.39 is 32.4 Å². The number of benzene rings is 2. The number of ether oxygens (including phenoxy) is 2. The lowest BCUT2D eigenvalue weighted by molar-refractivity contribution is 0.0131. The van der Waals surface area contributed by atoms with Gasteiger partial charge in [-0.1, -0.05) is 41.5 Å². The number of likely N-dealkylation sites (tertiary alicyclic amines) is 2. The fourth-order valence-corrected chi connectivity index (χ4v) is 10.3. The van der Waals surface area contributed by atoms with Crippen LogP contribution in [0, 0.1) is 10.8 Å². The summed E-state index contributed by atoms with van der Waals surface area (Å²) in [7, 11) is 4.71. The van der Waals surface area contributed by atoms with E-state index in [1.54, 1.807) is 37.8 Å². The van der Waals surface area contributed by atoms with Gasteiger partial charge in [0.05, 0.1) is 27.0 Å². The molecule has 2 saturated heterocycles. The number of aromatic nitrogens is 4. The third-order valence-corrected chi connectivity index (χ3v) is 13.8. The van der Waals surface area contributed by atoms with Crippen LogP contribution in [0.25, 0.3) is 22.1 Å². The minimum Gasteiger partial charge on any atom is -0.444 e. The second-order valence-corrected chi connectivity index (χ2v) is 26.0. The van der Waals surface area contributed by atoms with Crippen molar-refractivity contribution in [3.8, 4) is 0 Å². The van der Waals surface area contributed by atoms with E-state index in [2.05, 4.69) is 92.8 Å². The summed E-state index contributed by atoms with van der Waals surface area (Å²) in [6.07, 6.45) is 1.05. The number of sulfone groups is 1. The minimum atomic E-state index is -3.58. The van der Waals surface area contributed by atoms with Gasteiger partial charge in [-0.2, -0.15) is 0 Å². The molecule has 14 nitrogen and oxygen atoms in total. The molecule has 0 bridgehead atoms. The van der Waals surface area contributed by atoms with Gasteiger partial charge in [0.25, 0.3) is 0 Å². The van der Waals surface area contributed by atoms with Crippen molar-refractivity contribution in [3.05, 3.63) is 48.0 Å². The van der Waals surface area contributed by atoms with Crippen LogP contribution in [0.5, 0.6) is 0 Å². The third kappa shape index (κ3) is 14.1. The number of hydrogen-bond acceptors (Lipinski definition) is 11. The molecule has 2 aromatic heterocycles. The minimum absolute atomic E-state index is 0.0587. The topological polar surface area (TPSA) is 135 Å². The van der Waals surface area contributed by atoms with Crippen LogP contribution in [0.4, 0.5) is 9.59 Å². The van der Waals surface area contributed by atoms with Gasteiger partial charge in [0, 0.05) is 75.3 Å². The SMILES string of the molecule is CN(C)CCn1c(CC(C)(C)C)nc2cc(S(=O)(=O)C3CN(C(=O)OC(C)(C)C)C3)ccc21.CN(C)CCn1c(CC(C)(C)C)nc2cc(SC3CN(C(=O)OC(C)(C)C)C3)ccc21. The number of imidazole rings is 2. The highest BCUT2D eigenvalue weighted by molar-refractivity contribution is 8.00. The van der Waals surface area contributed by atoms with Crippen molar-refractivity contribution in [1.29, 1.82) is 0 Å². The average Bonchev–Trinajstić information content (AvgIpc) is 3.58. The van der Waals surface area contributed by atoms with Crippen molar-refractivity contribution in [3.63, 3.8) is 0 Å². The molecule has 16 heteroatoms. The van der Waals surface area contributed by atoms with Crippen LogP contribution in [0.3, 0.4) is 0 Å². The van der Waals surface area contributed by atoms with E-state index in [1.807, 2.05) is 52.7 Å². The van der Waals surface area contributed by atoms with Crippen LogP contribution >= 0.6 is 11.8 Å². The van der Waals surface area contributed by atoms with Crippen LogP contribution in [0.15, 0.2) is 46.2 Å². The first-order valence-corrected chi connectivity index (χ1v) is 24.9. The Bertz CT molecular complexity index is 2370. The molecule has 4 aromatic rings. The molecule has 0 spiro atoms. The number of rotatable bonds is 12. The molecule has 0 atom stereocenters. The van der Waals surface area contributed by atoms with Crippen LogP contribution in [0.1, 0.15) is 94.7 Å². The third-order valence-electron chi connectivity index (χ3n) is 10.6. The van der Waals surface area contributed by atoms with Crippen molar-refractivity contribution >= 4 is 55.9 Å². The Balaban J connectivity index is 0.000000241. The predicted octanol–water partition coefficient (Wildman–Crippen LogP) is 8.48. The number of amides is 2. The molecule has 0 radical (unpaired) electrons. The molecule has 0 saturated carbocycles. The van der Waals surface area contributed by atoms with Crippen LogP contribution < -0.4 is 0 Å². The molecule has 64 heavy (non-hydrogen) atoms. The molecule has 0 unspecified atom stereocenters. The number of nitrogens with zero attached hydrogens (tertiary/aromatic N) is 8. The second-order valence-electron chi connectivity index (χ2n) is 22.4. The monoisotopic (exact) mass is 925 g/mol. The van der Waals surface area contributed by atoms with Crippen molar-refractivity contribution < 1.29 is 27.5 Å². The number of thioether (sulfide) groups is 1. The van der Waals surface area contributed by atoms with Gasteiger partial charge in [0.2, 0.25) is 0 Å². The summed E-state index contributed by atoms with van der Waals surface area (Å²) in [5.41, 5.74) is 3.09. The van der Waals surface area contributed by atoms with Gasteiger partial charge in [-0.15, -0.1) is 11.8 Å². The molecule has 2 fully saturated rings. The van der Waals surface area contributed by atoms with Gasteiger partial charge in [-0.3, -0.25) is 0 Å². The number of carbonyl (C=O) groups excluding carboxylic acids is 2. The Morgan fingerprint density at radius 2 is 1.08 bits per heavy atom. The van der Waals surface area contributed by atoms with Gasteiger partial charge in [-0.05, 0) is 117 Å². The van der Waals surface area contributed by atoms with Crippen molar-refractivity contribution in [1.82, 2.24) is 38.7 Å². The molecule has 2 amide bonds. The maximum Gasteiger partial charge on any atom is 0.410 e. The summed E-state index contributed by atoms with van der Waals surface area (Å²) >= 11 is 1.82. The average molecular weight is 925 g/mol. The van der Waals surface area contributed by atoms with E-state index in [0.29, 0.717) is 10.8 Å². The van der Waals surface area contributed by atoms with Gasteiger partial charge in [0.1, 0.15) is 28.1 Å². The van der Waals surface area contributed by atoms with Gasteiger partial charge < -0.3 is 38.2 Å². The zero-order valence-corrected chi connectivity index (χ0v) is 43.2. The molecular formula is C48H76N8O6S2. The number of fused-ring (bicyclic) bond motifs is 2. The molecule has 2 aromatic carbocycles. The highest BCUT2D eigenvalue weighted by atomic mass is 32.2. The normalized spacial score (nSPS) is 15.7. The number of hydrogen-bond donors (Lipinski definition) is 0. The van der Waals surface area contributed by atoms with E-state index in [4.69, 9.17) is 19.4 Å². The highest BCUT2D eigenvalue weighted by Crippen LogP contribution is 2.34. The summed E-state index contributed by atoms with van der Waals surface area (Å²) in [5.74, 6) is 2.12. The van der Waals surface area contributed by atoms with E-state index in [9.17, 15) is 18.0 Å². The molecule has 6 rings (SSSR count). The lowest BCUT2D eigenvalue weighted by Crippen LogP contribution is -2.57. The predicted molar refractivity (Wildman–Crippen MR) is 259 cm³/mol. The first kappa shape index (κ1) is 51.1. The van der Waals surface area contributed by atoms with Crippen molar-refractivity contribution in [2.24, 2.45) is 10.8 Å². The summed E-state index contributed by atoms with van der Waals surface area (Å²) in [6.45, 7) is 29.7. The maximum absolute atomic E-state index is 13.2. The lowest BCUT2D eigenvalue weighted by atomic mass is 9.92. The fraction of sp³-hybridized carbons (Fsp3) is 0.667. The zero-order valence-electron chi connectivity index (χ0n) is 41.5. The van der Waals surface area contributed by atoms with Gasteiger partial charge >= 0.3 is 12.2 Å². The van der Waals surface area contributed by atoms with E-state index >= 15 is 0 Å². The maximum atomic E-state index is 13.2. The van der Waals surface area contributed by atoms with Gasteiger partial charge in [-0.25, -0.2) is 28.0 Å². The summed E-state index contributed by atoms with van der Waals surface area (Å²) in [4.78, 5) is 43.2. The van der Waals surface area contributed by atoms with Crippen LogP contribution in [0.2, 0.25) is 0 Å². The molecule has 2 aliphatic rings. The first-order chi connectivity index (χ1) is 29.4. The molecular weight excluding hydrogens is 849 g/mol. The lowest BCUT2D eigenvalue weighted by Gasteiger charge is -2.39. The van der Waals surface area contributed by atoms with Crippen molar-refractivity contribution in [2.45, 2.75) is 141 Å². The summed E-state index contributed by atoms with van der Waals surface area (Å²) < 4.78 is 41.8. The second kappa shape index (κ2) is 19.5. The Labute approximate surface area is 387 Å². The number of carbonyl (C=O) groups is 2. The Hall–Kier alpha value is -3.86. The Kier molecular flexibility index (Phi) is 15.6. The van der Waals surface area contributed by atoms with E-state index in [1.165, 1.54) is 15.3 Å². The fourth-order valence-electron chi connectivity index (χ4n) is 7.37. The summed E-state index contributed by atoms with van der Waals surface area (Å²) in [5, 5.41) is -0.234. The van der Waals surface area contributed by atoms with Crippen LogP contribution in [-0.4, -0.2) is 148 Å². The highest BCUT2D eigenvalue weighted by Gasteiger charge is 2.42. The summed E-state index contributed by atoms with van der Waals surface area (Å²) in [6, 6.07) is 11.8. The quantitative estimate of drug-likeness (QED) is 0.135. The molecule has 0 N–H and O–H groups in total. The van der Waals surface area contributed by atoms with Gasteiger partial charge in [0.15, 0.2) is 9.84 Å². The van der Waals surface area contributed by atoms with Crippen LogP contribution in [-0.2, 0) is 45.2 Å². The number of likely N-dealkylation sites (N-methyl/N-ethyl adjacent to an activating group) is 2. The largest absolute Gasteiger partial charge is 0.444 e. The molecule has 0 aliphatic carbocycles. The van der Waals surface area contributed by atoms with Crippen molar-refractivity contribution in [2.75, 3.05) is 67.5 Å². The first-order valence-electron chi connectivity index (χ1n) is 22.5. The molecule has 356 valence electrons. The van der Waals surface area contributed by atoms with E-state index in [-0.39, 0.29) is 34.9 Å². The van der Waals surface area contributed by atoms with E-state index in [0.717, 1.165) is 74.8 Å². The zero-order chi connectivity index (χ0) is 47.7. The Morgan fingerprint density at radius 3 is 1.50 bits per heavy atom. The molecule has 2 aliphatic heterocycles. The molecule has 4 heterocycles.